The lowest BCUT2D eigenvalue weighted by Crippen LogP contribution is -2.25. The number of nitrogens with zero attached hydrogens (tertiary/aromatic N) is 2. The fourth-order valence-electron chi connectivity index (χ4n) is 1.71. The summed E-state index contributed by atoms with van der Waals surface area (Å²) < 4.78 is 10.3. The van der Waals surface area contributed by atoms with E-state index in [1.54, 1.807) is 7.11 Å². The van der Waals surface area contributed by atoms with Crippen molar-refractivity contribution in [2.24, 2.45) is 0 Å². The third-order valence-corrected chi connectivity index (χ3v) is 3.77. The lowest BCUT2D eigenvalue weighted by molar-refractivity contribution is -0.118. The van der Waals surface area contributed by atoms with Crippen molar-refractivity contribution in [1.29, 1.82) is 0 Å². The molecule has 1 N–H and O–H groups in total. The quantitative estimate of drug-likeness (QED) is 0.805. The molecular weight excluding hydrogens is 302 g/mol. The number of ether oxygens (including phenoxy) is 1. The first-order valence-electron chi connectivity index (χ1n) is 7.04. The molecule has 0 unspecified atom stereocenters. The number of aromatic nitrogens is 2. The van der Waals surface area contributed by atoms with E-state index in [9.17, 15) is 4.79 Å². The summed E-state index contributed by atoms with van der Waals surface area (Å²) in [6.07, 6.45) is 0.937. The third-order valence-electron chi connectivity index (χ3n) is 2.84. The number of benzene rings is 1. The number of hydrogen-bond donors (Lipinski definition) is 1. The van der Waals surface area contributed by atoms with Crippen LogP contribution in [0.4, 0.5) is 0 Å². The highest BCUT2D eigenvalue weighted by Crippen LogP contribution is 2.21. The number of carbonyl (C=O) groups is 1. The minimum absolute atomic E-state index is 0.0331. The highest BCUT2D eigenvalue weighted by atomic mass is 32.2. The second kappa shape index (κ2) is 8.43. The second-order valence-corrected chi connectivity index (χ2v) is 5.57. The lowest BCUT2D eigenvalue weighted by Gasteiger charge is -2.01. The first-order chi connectivity index (χ1) is 10.7. The minimum atomic E-state index is 0.0331. The van der Waals surface area contributed by atoms with Gasteiger partial charge in [0.1, 0.15) is 5.75 Å². The second-order valence-electron chi connectivity index (χ2n) is 4.59. The molecule has 0 aliphatic heterocycles. The van der Waals surface area contributed by atoms with Gasteiger partial charge in [0.15, 0.2) is 5.82 Å². The van der Waals surface area contributed by atoms with Crippen LogP contribution in [0.2, 0.25) is 0 Å². The first kappa shape index (κ1) is 16.4. The largest absolute Gasteiger partial charge is 0.497 e. The molecular formula is C15H19N3O3S. The minimum Gasteiger partial charge on any atom is -0.497 e. The van der Waals surface area contributed by atoms with Gasteiger partial charge >= 0.3 is 0 Å². The maximum Gasteiger partial charge on any atom is 0.257 e. The maximum atomic E-state index is 11.5. The van der Waals surface area contributed by atoms with Gasteiger partial charge in [0.25, 0.3) is 5.89 Å². The molecule has 0 saturated heterocycles. The highest BCUT2D eigenvalue weighted by molar-refractivity contribution is 7.99. The van der Waals surface area contributed by atoms with Crippen molar-refractivity contribution < 1.29 is 14.1 Å². The van der Waals surface area contributed by atoms with Gasteiger partial charge in [-0.1, -0.05) is 12.1 Å². The monoisotopic (exact) mass is 321 g/mol. The molecule has 6 nitrogen and oxygen atoms in total. The average molecular weight is 321 g/mol. The number of nitrogens with one attached hydrogen (secondary N) is 1. The van der Waals surface area contributed by atoms with E-state index in [1.807, 2.05) is 31.2 Å². The summed E-state index contributed by atoms with van der Waals surface area (Å²) in [5.41, 5.74) is 0.838. The third kappa shape index (κ3) is 4.77. The van der Waals surface area contributed by atoms with Gasteiger partial charge in [-0.05, 0) is 30.7 Å². The van der Waals surface area contributed by atoms with Crippen LogP contribution in [0.25, 0.3) is 11.5 Å². The normalized spacial score (nSPS) is 10.5. The Labute approximate surface area is 133 Å². The molecule has 0 aliphatic rings. The van der Waals surface area contributed by atoms with Gasteiger partial charge in [-0.3, -0.25) is 4.79 Å². The van der Waals surface area contributed by atoms with E-state index in [4.69, 9.17) is 9.26 Å². The van der Waals surface area contributed by atoms with Crippen molar-refractivity contribution in [2.45, 2.75) is 19.1 Å². The van der Waals surface area contributed by atoms with Crippen molar-refractivity contribution in [2.75, 3.05) is 19.4 Å². The molecule has 7 heteroatoms. The molecule has 1 aromatic carbocycles. The molecule has 1 amide bonds. The van der Waals surface area contributed by atoms with Crippen molar-refractivity contribution >= 4 is 17.7 Å². The fraction of sp³-hybridized carbons (Fsp3) is 0.400. The van der Waals surface area contributed by atoms with Gasteiger partial charge in [-0.2, -0.15) is 4.98 Å². The topological polar surface area (TPSA) is 77.2 Å². The van der Waals surface area contributed by atoms with Crippen LogP contribution in [0.15, 0.2) is 28.8 Å². The number of methoxy groups -OCH3 is 1. The van der Waals surface area contributed by atoms with Crippen molar-refractivity contribution in [3.05, 3.63) is 30.1 Å². The predicted molar refractivity (Wildman–Crippen MR) is 85.7 cm³/mol. The Morgan fingerprint density at radius 1 is 1.36 bits per heavy atom. The Balaban J connectivity index is 1.84. The molecule has 1 heterocycles. The van der Waals surface area contributed by atoms with E-state index in [-0.39, 0.29) is 5.91 Å². The summed E-state index contributed by atoms with van der Waals surface area (Å²) in [6.45, 7) is 2.73. The number of rotatable bonds is 8. The molecule has 118 valence electrons. The van der Waals surface area contributed by atoms with E-state index in [0.29, 0.717) is 29.8 Å². The molecule has 0 bridgehead atoms. The van der Waals surface area contributed by atoms with Crippen LogP contribution in [0.5, 0.6) is 5.75 Å². The summed E-state index contributed by atoms with van der Waals surface area (Å²) in [7, 11) is 1.62. The smallest absolute Gasteiger partial charge is 0.257 e. The van der Waals surface area contributed by atoms with E-state index in [1.165, 1.54) is 11.8 Å². The molecule has 2 aromatic rings. The van der Waals surface area contributed by atoms with E-state index >= 15 is 0 Å². The summed E-state index contributed by atoms with van der Waals surface area (Å²) >= 11 is 1.46. The molecule has 0 saturated carbocycles. The Bertz CT molecular complexity index is 598. The molecule has 0 spiro atoms. The van der Waals surface area contributed by atoms with Crippen molar-refractivity contribution in [3.63, 3.8) is 0 Å². The van der Waals surface area contributed by atoms with Crippen molar-refractivity contribution in [3.8, 4) is 17.2 Å². The SMILES string of the molecule is CCCNC(=O)CSCc1noc(-c2ccc(OC)cc2)n1. The van der Waals surface area contributed by atoms with E-state index in [0.717, 1.165) is 17.7 Å². The van der Waals surface area contributed by atoms with Crippen LogP contribution in [-0.4, -0.2) is 35.5 Å². The summed E-state index contributed by atoms with van der Waals surface area (Å²) in [4.78, 5) is 15.8. The lowest BCUT2D eigenvalue weighted by atomic mass is 10.2. The molecule has 0 atom stereocenters. The van der Waals surface area contributed by atoms with Crippen LogP contribution in [0.3, 0.4) is 0 Å². The molecule has 2 rings (SSSR count). The Morgan fingerprint density at radius 3 is 2.82 bits per heavy atom. The van der Waals surface area contributed by atoms with Crippen LogP contribution in [0.1, 0.15) is 19.2 Å². The van der Waals surface area contributed by atoms with Crippen LogP contribution >= 0.6 is 11.8 Å². The zero-order chi connectivity index (χ0) is 15.8. The molecule has 22 heavy (non-hydrogen) atoms. The van der Waals surface area contributed by atoms with Gasteiger partial charge in [0.05, 0.1) is 18.6 Å². The Hall–Kier alpha value is -2.02. The van der Waals surface area contributed by atoms with Gasteiger partial charge in [0, 0.05) is 12.1 Å². The molecule has 0 radical (unpaired) electrons. The number of hydrogen-bond acceptors (Lipinski definition) is 6. The van der Waals surface area contributed by atoms with Crippen LogP contribution < -0.4 is 10.1 Å². The zero-order valence-electron chi connectivity index (χ0n) is 12.7. The average Bonchev–Trinajstić information content (AvgIpc) is 3.02. The first-order valence-corrected chi connectivity index (χ1v) is 8.20. The van der Waals surface area contributed by atoms with Gasteiger partial charge in [-0.25, -0.2) is 0 Å². The van der Waals surface area contributed by atoms with Crippen LogP contribution in [-0.2, 0) is 10.5 Å². The number of amides is 1. The maximum absolute atomic E-state index is 11.5. The zero-order valence-corrected chi connectivity index (χ0v) is 13.5. The van der Waals surface area contributed by atoms with Gasteiger partial charge in [-0.15, -0.1) is 11.8 Å². The molecule has 0 fully saturated rings. The van der Waals surface area contributed by atoms with Crippen molar-refractivity contribution in [1.82, 2.24) is 15.5 Å². The Morgan fingerprint density at radius 2 is 2.14 bits per heavy atom. The standard InChI is InChI=1S/C15H19N3O3S/c1-3-8-16-14(19)10-22-9-13-17-15(21-18-13)11-4-6-12(20-2)7-5-11/h4-7H,3,8-10H2,1-2H3,(H,16,19). The van der Waals surface area contributed by atoms with Crippen LogP contribution in [0, 0.1) is 0 Å². The molecule has 1 aromatic heterocycles. The Kier molecular flexibility index (Phi) is 6.27. The highest BCUT2D eigenvalue weighted by Gasteiger charge is 2.10. The predicted octanol–water partition coefficient (Wildman–Crippen LogP) is 2.50. The molecule has 0 aliphatic carbocycles. The van der Waals surface area contributed by atoms with E-state index < -0.39 is 0 Å². The number of carbonyl (C=O) groups excluding carboxylic acids is 1. The summed E-state index contributed by atoms with van der Waals surface area (Å²) in [5, 5.41) is 6.75. The summed E-state index contributed by atoms with van der Waals surface area (Å²) in [6, 6.07) is 7.40. The number of thioether (sulfide) groups is 1. The fourth-order valence-corrected chi connectivity index (χ4v) is 2.40. The van der Waals surface area contributed by atoms with E-state index in [2.05, 4.69) is 15.5 Å². The van der Waals surface area contributed by atoms with Gasteiger partial charge < -0.3 is 14.6 Å². The summed E-state index contributed by atoms with van der Waals surface area (Å²) in [5.74, 6) is 2.79. The van der Waals surface area contributed by atoms with Gasteiger partial charge in [0.2, 0.25) is 5.91 Å².